The van der Waals surface area contributed by atoms with Crippen molar-refractivity contribution in [2.45, 2.75) is 37.1 Å². The van der Waals surface area contributed by atoms with Gasteiger partial charge in [0.2, 0.25) is 12.1 Å². The van der Waals surface area contributed by atoms with E-state index in [0.717, 1.165) is 6.92 Å². The van der Waals surface area contributed by atoms with Crippen molar-refractivity contribution in [3.63, 3.8) is 0 Å². The molecule has 3 atom stereocenters. The summed E-state index contributed by atoms with van der Waals surface area (Å²) < 4.78 is 0. The predicted molar refractivity (Wildman–Crippen MR) is 99.1 cm³/mol. The van der Waals surface area contributed by atoms with Crippen LogP contribution in [-0.4, -0.2) is 113 Å². The quantitative estimate of drug-likeness (QED) is 0.148. The number of hydrogen-bond acceptors (Lipinski definition) is 12. The number of nitrogens with zero attached hydrogens (tertiary/aromatic N) is 2. The number of hydrogen-bond donors (Lipinski definition) is 11. The lowest BCUT2D eigenvalue weighted by molar-refractivity contribution is -0.428. The van der Waals surface area contributed by atoms with Gasteiger partial charge in [-0.1, -0.05) is 6.92 Å². The molecule has 2 aliphatic rings. The number of carbonyl (C=O) groups is 2. The van der Waals surface area contributed by atoms with E-state index in [1.165, 1.54) is 11.9 Å². The average Bonchev–Trinajstić information content (AvgIpc) is 3.15. The summed E-state index contributed by atoms with van der Waals surface area (Å²) in [7, 11) is 1.38. The average molecular weight is 449 g/mol. The van der Waals surface area contributed by atoms with Crippen LogP contribution >= 0.6 is 0 Å². The number of amides is 3. The van der Waals surface area contributed by atoms with Crippen LogP contribution in [0.3, 0.4) is 0 Å². The molecule has 0 aromatic rings. The summed E-state index contributed by atoms with van der Waals surface area (Å²) >= 11 is 0. The molecule has 3 amide bonds. The maximum Gasteiger partial charge on any atom is 0.322 e. The highest BCUT2D eigenvalue weighted by Crippen LogP contribution is 2.34. The first kappa shape index (κ1) is 24.8. The highest BCUT2D eigenvalue weighted by molar-refractivity contribution is 5.79. The number of likely N-dealkylation sites (N-methyl/N-ethyl adjacent to an activating group) is 1. The van der Waals surface area contributed by atoms with E-state index in [0.29, 0.717) is 5.57 Å². The molecule has 0 saturated heterocycles. The minimum Gasteiger partial charge on any atom is -0.394 e. The number of aliphatic hydroxyl groups is 8. The Hall–Kier alpha value is -2.50. The van der Waals surface area contributed by atoms with Crippen LogP contribution in [0.25, 0.3) is 0 Å². The molecule has 0 bridgehead atoms. The number of nitrogens with one attached hydrogen (secondary N) is 3. The van der Waals surface area contributed by atoms with Gasteiger partial charge in [-0.05, 0) is 12.3 Å². The molecule has 15 heteroatoms. The van der Waals surface area contributed by atoms with E-state index in [4.69, 9.17) is 10.2 Å². The van der Waals surface area contributed by atoms with Gasteiger partial charge in [-0.15, -0.1) is 0 Å². The molecule has 176 valence electrons. The maximum absolute atomic E-state index is 11.9. The van der Waals surface area contributed by atoms with Crippen LogP contribution in [0.15, 0.2) is 23.7 Å². The summed E-state index contributed by atoms with van der Waals surface area (Å²) in [5, 5.41) is 86.7. The van der Waals surface area contributed by atoms with E-state index in [2.05, 4.69) is 16.0 Å². The lowest BCUT2D eigenvalue weighted by Crippen LogP contribution is -2.72. The van der Waals surface area contributed by atoms with Gasteiger partial charge in [0, 0.05) is 18.5 Å². The number of fused-ring (bicyclic) bond motifs is 1. The van der Waals surface area contributed by atoms with Crippen molar-refractivity contribution in [1.82, 2.24) is 25.8 Å². The van der Waals surface area contributed by atoms with Crippen molar-refractivity contribution in [3.8, 4) is 0 Å². The highest BCUT2D eigenvalue weighted by Gasteiger charge is 2.59. The van der Waals surface area contributed by atoms with Crippen LogP contribution in [0, 0.1) is 5.92 Å². The van der Waals surface area contributed by atoms with E-state index in [1.807, 2.05) is 0 Å². The molecule has 0 fully saturated rings. The number of urea groups is 1. The summed E-state index contributed by atoms with van der Waals surface area (Å²) in [6.45, 7) is -1.22. The summed E-state index contributed by atoms with van der Waals surface area (Å²) in [6.07, 6.45) is -0.205. The smallest absolute Gasteiger partial charge is 0.322 e. The van der Waals surface area contributed by atoms with Gasteiger partial charge >= 0.3 is 11.9 Å². The van der Waals surface area contributed by atoms with E-state index in [-0.39, 0.29) is 10.7 Å². The predicted octanol–water partition coefficient (Wildman–Crippen LogP) is -5.71. The molecule has 0 aliphatic carbocycles. The molecule has 11 N–H and O–H groups in total. The lowest BCUT2D eigenvalue weighted by atomic mass is 9.88. The molecule has 15 nitrogen and oxygen atoms in total. The van der Waals surface area contributed by atoms with Gasteiger partial charge in [-0.3, -0.25) is 15.0 Å². The van der Waals surface area contributed by atoms with E-state index in [9.17, 15) is 40.2 Å². The van der Waals surface area contributed by atoms with Crippen LogP contribution in [0.4, 0.5) is 4.79 Å². The number of carbonyl (C=O) groups excluding carboxylic acids is 2. The Morgan fingerprint density at radius 1 is 1.23 bits per heavy atom. The second kappa shape index (κ2) is 8.93. The third-order valence-electron chi connectivity index (χ3n) is 5.37. The van der Waals surface area contributed by atoms with Crippen molar-refractivity contribution in [2.24, 2.45) is 5.92 Å². The molecule has 31 heavy (non-hydrogen) atoms. The minimum absolute atomic E-state index is 0.166. The lowest BCUT2D eigenvalue weighted by Gasteiger charge is -2.48. The Balaban J connectivity index is 2.39. The van der Waals surface area contributed by atoms with Gasteiger partial charge in [-0.25, -0.2) is 4.79 Å². The third kappa shape index (κ3) is 4.30. The van der Waals surface area contributed by atoms with Crippen LogP contribution in [-0.2, 0) is 4.79 Å². The van der Waals surface area contributed by atoms with E-state index < -0.39 is 61.4 Å². The zero-order valence-electron chi connectivity index (χ0n) is 16.7. The molecule has 0 radical (unpaired) electrons. The fraction of sp³-hybridized carbons (Fsp3) is 0.625. The number of aliphatic hydroxyl groups excluding tert-OH is 3. The maximum atomic E-state index is 11.9. The Morgan fingerprint density at radius 3 is 2.35 bits per heavy atom. The Kier molecular flexibility index (Phi) is 7.14. The summed E-state index contributed by atoms with van der Waals surface area (Å²) in [6, 6.07) is -1.89. The van der Waals surface area contributed by atoms with Crippen molar-refractivity contribution < 1.29 is 50.4 Å². The Morgan fingerprint density at radius 2 is 1.84 bits per heavy atom. The molecule has 0 aromatic heterocycles. The largest absolute Gasteiger partial charge is 0.394 e. The van der Waals surface area contributed by atoms with Gasteiger partial charge in [0.1, 0.15) is 18.7 Å². The first-order chi connectivity index (χ1) is 14.3. The molecule has 0 saturated carbocycles. The van der Waals surface area contributed by atoms with Crippen LogP contribution in [0.2, 0.25) is 0 Å². The zero-order chi connectivity index (χ0) is 23.7. The molecule has 0 aromatic carbocycles. The minimum atomic E-state index is -3.91. The Bertz CT molecular complexity index is 768. The summed E-state index contributed by atoms with van der Waals surface area (Å²) in [5.74, 6) is -10.9. The van der Waals surface area contributed by atoms with Crippen LogP contribution < -0.4 is 16.0 Å². The first-order valence-corrected chi connectivity index (χ1v) is 9.07. The van der Waals surface area contributed by atoms with Crippen molar-refractivity contribution >= 4 is 11.9 Å². The third-order valence-corrected chi connectivity index (χ3v) is 5.37. The van der Waals surface area contributed by atoms with E-state index in [1.54, 1.807) is 12.3 Å². The normalized spacial score (nSPS) is 20.6. The fourth-order valence-electron chi connectivity index (χ4n) is 3.41. The van der Waals surface area contributed by atoms with E-state index >= 15 is 0 Å². The second-order valence-corrected chi connectivity index (χ2v) is 7.13. The van der Waals surface area contributed by atoms with Crippen molar-refractivity contribution in [1.29, 1.82) is 0 Å². The Labute approximate surface area is 176 Å². The van der Waals surface area contributed by atoms with Gasteiger partial charge in [-0.2, -0.15) is 0 Å². The van der Waals surface area contributed by atoms with Crippen molar-refractivity contribution in [2.75, 3.05) is 20.4 Å². The molecular weight excluding hydrogens is 422 g/mol. The number of rotatable bonds is 9. The summed E-state index contributed by atoms with van der Waals surface area (Å²) in [4.78, 5) is 24.5. The molecule has 2 aliphatic heterocycles. The fourth-order valence-corrected chi connectivity index (χ4v) is 3.41. The SMILES string of the molecule is CC(C(CO)N(C)C1=C2C=CNC2NC(=O)N1)C(O)(O)C(O)(O)N(CO)C(=O)C(O)O. The first-order valence-electron chi connectivity index (χ1n) is 9.07. The van der Waals surface area contributed by atoms with Crippen LogP contribution in [0.1, 0.15) is 6.92 Å². The second-order valence-electron chi connectivity index (χ2n) is 7.13. The van der Waals surface area contributed by atoms with Gasteiger partial charge < -0.3 is 56.4 Å². The molecular formula is C16H27N5O10. The van der Waals surface area contributed by atoms with Crippen LogP contribution in [0.5, 0.6) is 0 Å². The molecule has 0 spiro atoms. The summed E-state index contributed by atoms with van der Waals surface area (Å²) in [5.41, 5.74) is 0.532. The zero-order valence-corrected chi connectivity index (χ0v) is 16.7. The molecule has 3 unspecified atom stereocenters. The van der Waals surface area contributed by atoms with Gasteiger partial charge in [0.05, 0.1) is 12.6 Å². The molecule has 2 rings (SSSR count). The monoisotopic (exact) mass is 449 g/mol. The van der Waals surface area contributed by atoms with Crippen molar-refractivity contribution in [3.05, 3.63) is 23.7 Å². The molecule has 2 heterocycles. The standard InChI is InChI=1S/C16H27N5O10/c1-7(15(28,29)16(30,31)21(6-23)12(24)13(25)26)9(5-22)20(2)11-8-3-4-17-10(8)18-14(27)19-11/h3-4,7,9-10,13,17,22-23,25-26,28-31H,5-6H2,1-2H3,(H2,18,19,27). The van der Waals surface area contributed by atoms with Gasteiger partial charge in [0.15, 0.2) is 0 Å². The topological polar surface area (TPSA) is 239 Å². The highest BCUT2D eigenvalue weighted by atomic mass is 16.6. The van der Waals surface area contributed by atoms with Gasteiger partial charge in [0.25, 0.3) is 5.91 Å².